The zero-order valence-corrected chi connectivity index (χ0v) is 25.5. The molecule has 0 radical (unpaired) electrons. The second-order valence-electron chi connectivity index (χ2n) is 11.2. The number of carbonyl (C=O) groups is 3. The molecule has 3 fully saturated rings. The van der Waals surface area contributed by atoms with Gasteiger partial charge in [-0.3, -0.25) is 14.4 Å². The van der Waals surface area contributed by atoms with Gasteiger partial charge in [0, 0.05) is 24.9 Å². The van der Waals surface area contributed by atoms with Crippen molar-refractivity contribution in [2.24, 2.45) is 11.8 Å². The van der Waals surface area contributed by atoms with Crippen LogP contribution in [0.1, 0.15) is 37.8 Å². The predicted octanol–water partition coefficient (Wildman–Crippen LogP) is 5.11. The van der Waals surface area contributed by atoms with E-state index in [2.05, 4.69) is 13.2 Å². The third-order valence-electron chi connectivity index (χ3n) is 8.83. The largest absolute Gasteiger partial charge is 0.394 e. The maximum absolute atomic E-state index is 14.9. The van der Waals surface area contributed by atoms with E-state index in [-0.39, 0.29) is 36.1 Å². The summed E-state index contributed by atoms with van der Waals surface area (Å²) in [7, 11) is 0. The van der Waals surface area contributed by atoms with E-state index in [1.165, 1.54) is 0 Å². The molecular weight excluding hydrogens is 570 g/mol. The summed E-state index contributed by atoms with van der Waals surface area (Å²) in [6.07, 6.45) is 5.51. The number of benzene rings is 2. The molecule has 1 spiro atoms. The molecule has 5 rings (SSSR count). The number of nitrogens with zero attached hydrogens (tertiary/aromatic N) is 3. The lowest BCUT2D eigenvalue weighted by atomic mass is 9.70. The van der Waals surface area contributed by atoms with Crippen molar-refractivity contribution in [1.82, 2.24) is 9.80 Å². The first-order valence-electron chi connectivity index (χ1n) is 14.6. The van der Waals surface area contributed by atoms with Gasteiger partial charge in [-0.1, -0.05) is 73.1 Å². The summed E-state index contributed by atoms with van der Waals surface area (Å²) in [5.74, 6) is -1.83. The number of thioether (sulfide) groups is 1. The van der Waals surface area contributed by atoms with Crippen LogP contribution in [-0.4, -0.2) is 74.9 Å². The molecule has 1 N–H and O–H groups in total. The minimum Gasteiger partial charge on any atom is -0.394 e. The second kappa shape index (κ2) is 12.7. The average Bonchev–Trinajstić information content (AvgIpc) is 3.64. The molecule has 222 valence electrons. The van der Waals surface area contributed by atoms with E-state index in [0.717, 1.165) is 18.4 Å². The number of likely N-dealkylation sites (tertiary alicyclic amines) is 1. The van der Waals surface area contributed by atoms with Crippen molar-refractivity contribution in [3.8, 4) is 0 Å². The minimum atomic E-state index is -0.907. The summed E-state index contributed by atoms with van der Waals surface area (Å²) in [6.45, 7) is 10.5. The Morgan fingerprint density at radius 3 is 2.45 bits per heavy atom. The molecule has 6 atom stereocenters. The molecule has 0 saturated carbocycles. The molecule has 3 saturated heterocycles. The Kier molecular flexibility index (Phi) is 9.16. The summed E-state index contributed by atoms with van der Waals surface area (Å²) in [5.41, 5.74) is 1.26. The standard InChI is InChI=1S/C33H38ClN3O4S/c1-4-18-35(19-5-2)30(39)27-26-16-17-33(42-26)28(27)31(40)37(25(21-38)22-12-8-7-9-13-22)29(33)32(41)36(20-6-3)24-15-11-10-14-23(24)34/h4,6-15,25-29,38H,1,3,5,16-21H2,2H3/t25-,26+,27-,28+,29?,33?/m1/s1. The number of aliphatic hydroxyl groups excluding tert-OH is 1. The van der Waals surface area contributed by atoms with Crippen molar-refractivity contribution in [2.75, 3.05) is 31.1 Å². The molecule has 9 heteroatoms. The van der Waals surface area contributed by atoms with Crippen LogP contribution in [0.4, 0.5) is 5.69 Å². The molecule has 2 aromatic carbocycles. The number of halogens is 1. The quantitative estimate of drug-likeness (QED) is 0.339. The molecule has 3 aliphatic rings. The smallest absolute Gasteiger partial charge is 0.251 e. The van der Waals surface area contributed by atoms with E-state index in [1.54, 1.807) is 56.8 Å². The fourth-order valence-electron chi connectivity index (χ4n) is 7.20. The highest BCUT2D eigenvalue weighted by atomic mass is 35.5. The van der Waals surface area contributed by atoms with Crippen molar-refractivity contribution >= 4 is 46.8 Å². The van der Waals surface area contributed by atoms with Crippen LogP contribution >= 0.6 is 23.4 Å². The van der Waals surface area contributed by atoms with Crippen LogP contribution in [-0.2, 0) is 14.4 Å². The van der Waals surface area contributed by atoms with E-state index in [0.29, 0.717) is 30.2 Å². The molecule has 3 amide bonds. The van der Waals surface area contributed by atoms with Gasteiger partial charge in [0.2, 0.25) is 11.8 Å². The number of amides is 3. The summed E-state index contributed by atoms with van der Waals surface area (Å²) < 4.78 is -0.811. The van der Waals surface area contributed by atoms with Crippen LogP contribution in [0.25, 0.3) is 0 Å². The molecular formula is C33H38ClN3O4S. The van der Waals surface area contributed by atoms with Gasteiger partial charge >= 0.3 is 0 Å². The number of rotatable bonds is 12. The Labute approximate surface area is 257 Å². The average molecular weight is 608 g/mol. The zero-order chi connectivity index (χ0) is 30.0. The normalized spacial score (nSPS) is 26.5. The van der Waals surface area contributed by atoms with Crippen molar-refractivity contribution < 1.29 is 19.5 Å². The lowest BCUT2D eigenvalue weighted by Gasteiger charge is -2.40. The fraction of sp³-hybridized carbons (Fsp3) is 0.424. The van der Waals surface area contributed by atoms with Crippen LogP contribution in [0.2, 0.25) is 5.02 Å². The Morgan fingerprint density at radius 1 is 1.12 bits per heavy atom. The van der Waals surface area contributed by atoms with Gasteiger partial charge in [0.15, 0.2) is 0 Å². The molecule has 3 heterocycles. The van der Waals surface area contributed by atoms with Crippen LogP contribution in [0.5, 0.6) is 0 Å². The number of hydrogen-bond donors (Lipinski definition) is 1. The van der Waals surface area contributed by atoms with Gasteiger partial charge in [-0.05, 0) is 37.0 Å². The van der Waals surface area contributed by atoms with E-state index in [9.17, 15) is 19.5 Å². The zero-order valence-electron chi connectivity index (χ0n) is 23.9. The summed E-state index contributed by atoms with van der Waals surface area (Å²) >= 11 is 8.21. The molecule has 7 nitrogen and oxygen atoms in total. The van der Waals surface area contributed by atoms with Gasteiger partial charge < -0.3 is 19.8 Å². The van der Waals surface area contributed by atoms with Crippen LogP contribution in [0.15, 0.2) is 79.9 Å². The van der Waals surface area contributed by atoms with Crippen molar-refractivity contribution in [2.45, 2.75) is 48.3 Å². The monoisotopic (exact) mass is 607 g/mol. The number of fused-ring (bicyclic) bond motifs is 1. The van der Waals surface area contributed by atoms with Gasteiger partial charge in [-0.2, -0.15) is 0 Å². The fourth-order valence-corrected chi connectivity index (χ4v) is 9.63. The van der Waals surface area contributed by atoms with Crippen LogP contribution in [0.3, 0.4) is 0 Å². The molecule has 3 aliphatic heterocycles. The number of hydrogen-bond acceptors (Lipinski definition) is 5. The lowest BCUT2D eigenvalue weighted by Crippen LogP contribution is -2.56. The van der Waals surface area contributed by atoms with Crippen LogP contribution < -0.4 is 4.90 Å². The molecule has 0 aromatic heterocycles. The van der Waals surface area contributed by atoms with Crippen molar-refractivity contribution in [1.29, 1.82) is 0 Å². The molecule has 0 aliphatic carbocycles. The molecule has 2 unspecified atom stereocenters. The van der Waals surface area contributed by atoms with Crippen molar-refractivity contribution in [3.63, 3.8) is 0 Å². The lowest BCUT2D eigenvalue weighted by molar-refractivity contribution is -0.145. The highest BCUT2D eigenvalue weighted by Crippen LogP contribution is 2.67. The Balaban J connectivity index is 1.64. The third kappa shape index (κ3) is 4.97. The SMILES string of the molecule is C=CCN(CCC)C(=O)[C@@H]1[C@@H]2CCC3(S2)C(C(=O)N(CC=C)c2ccccc2Cl)N([C@H](CO)c2ccccc2)C(=O)[C@H]13. The van der Waals surface area contributed by atoms with Crippen LogP contribution in [0, 0.1) is 11.8 Å². The predicted molar refractivity (Wildman–Crippen MR) is 168 cm³/mol. The first-order chi connectivity index (χ1) is 20.3. The number of anilines is 1. The van der Waals surface area contributed by atoms with E-state index >= 15 is 0 Å². The summed E-state index contributed by atoms with van der Waals surface area (Å²) in [4.78, 5) is 48.6. The molecule has 42 heavy (non-hydrogen) atoms. The third-order valence-corrected chi connectivity index (χ3v) is 11.1. The van der Waals surface area contributed by atoms with Crippen molar-refractivity contribution in [3.05, 3.63) is 90.5 Å². The van der Waals surface area contributed by atoms with E-state index < -0.39 is 28.7 Å². The second-order valence-corrected chi connectivity index (χ2v) is 13.2. The van der Waals surface area contributed by atoms with Gasteiger partial charge in [0.1, 0.15) is 6.04 Å². The number of carbonyl (C=O) groups excluding carboxylic acids is 3. The minimum absolute atomic E-state index is 0.0588. The maximum atomic E-state index is 14.9. The maximum Gasteiger partial charge on any atom is 0.251 e. The van der Waals surface area contributed by atoms with Gasteiger partial charge in [0.25, 0.3) is 5.91 Å². The van der Waals surface area contributed by atoms with E-state index in [1.807, 2.05) is 43.3 Å². The Bertz CT molecular complexity index is 1360. The number of para-hydroxylation sites is 1. The first-order valence-corrected chi connectivity index (χ1v) is 15.8. The molecule has 2 bridgehead atoms. The first kappa shape index (κ1) is 30.4. The van der Waals surface area contributed by atoms with Gasteiger partial charge in [-0.15, -0.1) is 24.9 Å². The Morgan fingerprint density at radius 2 is 1.81 bits per heavy atom. The number of aliphatic hydroxyl groups is 1. The molecule has 2 aromatic rings. The van der Waals surface area contributed by atoms with E-state index in [4.69, 9.17) is 11.6 Å². The summed E-state index contributed by atoms with van der Waals surface area (Å²) in [6, 6.07) is 14.8. The highest BCUT2D eigenvalue weighted by Gasteiger charge is 2.74. The van der Waals surface area contributed by atoms with Gasteiger partial charge in [-0.25, -0.2) is 0 Å². The topological polar surface area (TPSA) is 81.2 Å². The summed E-state index contributed by atoms with van der Waals surface area (Å²) in [5, 5.41) is 11.1. The van der Waals surface area contributed by atoms with Gasteiger partial charge in [0.05, 0.1) is 39.9 Å². The Hall–Kier alpha value is -3.07. The highest BCUT2D eigenvalue weighted by molar-refractivity contribution is 8.02.